The third-order valence-electron chi connectivity index (χ3n) is 2.12. The largest absolute Gasteiger partial charge is 0.496 e. The number of nitrogens with two attached hydrogens (primary N) is 1. The summed E-state index contributed by atoms with van der Waals surface area (Å²) in [6, 6.07) is 1.74. The maximum absolute atomic E-state index is 5.47. The molecule has 5 nitrogen and oxygen atoms in total. The van der Waals surface area contributed by atoms with Crippen LogP contribution in [0.2, 0.25) is 0 Å². The van der Waals surface area contributed by atoms with Gasteiger partial charge in [0.1, 0.15) is 11.8 Å². The number of nitrogens with one attached hydrogen (secondary N) is 1. The van der Waals surface area contributed by atoms with Crippen molar-refractivity contribution >= 4 is 0 Å². The van der Waals surface area contributed by atoms with Gasteiger partial charge in [-0.3, -0.25) is 5.84 Å². The van der Waals surface area contributed by atoms with Crippen molar-refractivity contribution in [3.63, 3.8) is 0 Å². The van der Waals surface area contributed by atoms with Crippen molar-refractivity contribution in [2.75, 3.05) is 6.61 Å². The Morgan fingerprint density at radius 2 is 2.43 bits per heavy atom. The van der Waals surface area contributed by atoms with Gasteiger partial charge in [-0.1, -0.05) is 0 Å². The van der Waals surface area contributed by atoms with E-state index in [1.807, 2.05) is 12.1 Å². The van der Waals surface area contributed by atoms with Crippen LogP contribution in [0.4, 0.5) is 0 Å². The third-order valence-corrected chi connectivity index (χ3v) is 2.12. The Labute approximate surface area is 81.9 Å². The van der Waals surface area contributed by atoms with E-state index in [9.17, 15) is 0 Å². The van der Waals surface area contributed by atoms with Crippen LogP contribution >= 0.6 is 0 Å². The van der Waals surface area contributed by atoms with Crippen molar-refractivity contribution in [1.82, 2.24) is 15.6 Å². The molecule has 2 rings (SSSR count). The summed E-state index contributed by atoms with van der Waals surface area (Å²) in [6.07, 6.45) is 6.28. The number of hydrogen-bond acceptors (Lipinski definition) is 5. The lowest BCUT2D eigenvalue weighted by Crippen LogP contribution is -2.29. The van der Waals surface area contributed by atoms with Gasteiger partial charge >= 0.3 is 0 Å². The summed E-state index contributed by atoms with van der Waals surface area (Å²) in [7, 11) is 0. The van der Waals surface area contributed by atoms with Crippen LogP contribution in [0.5, 0.6) is 0 Å². The van der Waals surface area contributed by atoms with Crippen LogP contribution in [0.1, 0.15) is 18.0 Å². The van der Waals surface area contributed by atoms with E-state index in [0.29, 0.717) is 0 Å². The van der Waals surface area contributed by atoms with Gasteiger partial charge in [0.05, 0.1) is 12.8 Å². The van der Waals surface area contributed by atoms with Crippen molar-refractivity contribution in [3.8, 4) is 0 Å². The average Bonchev–Trinajstić information content (AvgIpc) is 2.74. The maximum atomic E-state index is 5.47. The number of nitrogens with zero attached hydrogens (tertiary/aromatic N) is 2. The molecule has 0 radical (unpaired) electrons. The Hall–Kier alpha value is -1.46. The number of hydrazine groups is 1. The highest BCUT2D eigenvalue weighted by Crippen LogP contribution is 2.24. The summed E-state index contributed by atoms with van der Waals surface area (Å²) < 4.78 is 5.43. The fourth-order valence-corrected chi connectivity index (χ4v) is 1.45. The Morgan fingerprint density at radius 3 is 3.00 bits per heavy atom. The van der Waals surface area contributed by atoms with Gasteiger partial charge in [0.25, 0.3) is 0 Å². The second-order valence-corrected chi connectivity index (χ2v) is 3.02. The normalized spacial score (nSPS) is 17.4. The second kappa shape index (κ2) is 4.17. The third kappa shape index (κ3) is 1.73. The molecule has 3 N–H and O–H groups in total. The molecule has 1 aliphatic rings. The summed E-state index contributed by atoms with van der Waals surface area (Å²) in [6.45, 7) is 0.728. The van der Waals surface area contributed by atoms with Crippen LogP contribution in [0.3, 0.4) is 0 Å². The van der Waals surface area contributed by atoms with Gasteiger partial charge in [-0.15, -0.1) is 0 Å². The van der Waals surface area contributed by atoms with E-state index in [0.717, 1.165) is 24.4 Å². The van der Waals surface area contributed by atoms with Crippen LogP contribution in [0.15, 0.2) is 30.3 Å². The molecule has 74 valence electrons. The van der Waals surface area contributed by atoms with Gasteiger partial charge in [-0.05, 0) is 17.7 Å². The Morgan fingerprint density at radius 1 is 1.50 bits per heavy atom. The molecular weight excluding hydrogens is 180 g/mol. The van der Waals surface area contributed by atoms with Crippen LogP contribution in [0.25, 0.3) is 0 Å². The van der Waals surface area contributed by atoms with Gasteiger partial charge in [-0.25, -0.2) is 5.43 Å². The molecule has 5 heteroatoms. The molecule has 0 bridgehead atoms. The lowest BCUT2D eigenvalue weighted by molar-refractivity contribution is 0.215. The number of rotatable bonds is 3. The topological polar surface area (TPSA) is 73.1 Å². The van der Waals surface area contributed by atoms with E-state index in [1.54, 1.807) is 12.4 Å². The van der Waals surface area contributed by atoms with Crippen LogP contribution in [-0.4, -0.2) is 16.8 Å². The van der Waals surface area contributed by atoms with E-state index in [4.69, 9.17) is 10.6 Å². The number of aromatic nitrogens is 2. The Kier molecular flexibility index (Phi) is 2.71. The summed E-state index contributed by atoms with van der Waals surface area (Å²) in [4.78, 5) is 0. The predicted molar refractivity (Wildman–Crippen MR) is 50.7 cm³/mol. The molecule has 1 aromatic rings. The first-order valence-electron chi connectivity index (χ1n) is 4.47. The zero-order chi connectivity index (χ0) is 9.80. The zero-order valence-corrected chi connectivity index (χ0v) is 7.68. The SMILES string of the molecule is NNC(C1=CCCO1)c1ccnnc1. The van der Waals surface area contributed by atoms with E-state index in [2.05, 4.69) is 15.6 Å². The molecule has 2 heterocycles. The number of hydrogen-bond donors (Lipinski definition) is 2. The molecule has 0 saturated carbocycles. The van der Waals surface area contributed by atoms with Crippen LogP contribution in [0, 0.1) is 0 Å². The van der Waals surface area contributed by atoms with E-state index >= 15 is 0 Å². The fraction of sp³-hybridized carbons (Fsp3) is 0.333. The Balaban J connectivity index is 2.21. The van der Waals surface area contributed by atoms with Gasteiger partial charge in [0.2, 0.25) is 0 Å². The molecule has 1 atom stereocenters. The van der Waals surface area contributed by atoms with Gasteiger partial charge in [0.15, 0.2) is 0 Å². The quantitative estimate of drug-likeness (QED) is 0.531. The van der Waals surface area contributed by atoms with Crippen molar-refractivity contribution in [2.45, 2.75) is 12.5 Å². The fourth-order valence-electron chi connectivity index (χ4n) is 1.45. The van der Waals surface area contributed by atoms with Crippen molar-refractivity contribution < 1.29 is 4.74 Å². The second-order valence-electron chi connectivity index (χ2n) is 3.02. The monoisotopic (exact) mass is 192 g/mol. The summed E-state index contributed by atoms with van der Waals surface area (Å²) in [5, 5.41) is 7.51. The molecule has 1 aliphatic heterocycles. The molecule has 1 unspecified atom stereocenters. The van der Waals surface area contributed by atoms with Crippen molar-refractivity contribution in [1.29, 1.82) is 0 Å². The molecule has 0 amide bonds. The lowest BCUT2D eigenvalue weighted by Gasteiger charge is -2.16. The first-order valence-corrected chi connectivity index (χ1v) is 4.47. The molecule has 0 fully saturated rings. The van der Waals surface area contributed by atoms with Crippen LogP contribution < -0.4 is 11.3 Å². The van der Waals surface area contributed by atoms with Crippen molar-refractivity contribution in [2.24, 2.45) is 5.84 Å². The first kappa shape index (κ1) is 9.11. The highest BCUT2D eigenvalue weighted by atomic mass is 16.5. The van der Waals surface area contributed by atoms with Gasteiger partial charge < -0.3 is 4.74 Å². The maximum Gasteiger partial charge on any atom is 0.115 e. The minimum atomic E-state index is -0.118. The lowest BCUT2D eigenvalue weighted by atomic mass is 10.1. The molecule has 0 aromatic carbocycles. The number of ether oxygens (including phenoxy) is 1. The highest BCUT2D eigenvalue weighted by Gasteiger charge is 2.19. The molecule has 14 heavy (non-hydrogen) atoms. The molecule has 0 spiro atoms. The smallest absolute Gasteiger partial charge is 0.115 e. The highest BCUT2D eigenvalue weighted by molar-refractivity contribution is 5.22. The molecule has 0 saturated heterocycles. The van der Waals surface area contributed by atoms with E-state index < -0.39 is 0 Å². The summed E-state index contributed by atoms with van der Waals surface area (Å²) in [5.74, 6) is 6.33. The first-order chi connectivity index (χ1) is 6.92. The Bertz CT molecular complexity index is 325. The molecule has 0 aliphatic carbocycles. The van der Waals surface area contributed by atoms with E-state index in [-0.39, 0.29) is 6.04 Å². The summed E-state index contributed by atoms with van der Waals surface area (Å²) in [5.41, 5.74) is 3.65. The van der Waals surface area contributed by atoms with Crippen molar-refractivity contribution in [3.05, 3.63) is 35.9 Å². The minimum absolute atomic E-state index is 0.118. The minimum Gasteiger partial charge on any atom is -0.496 e. The predicted octanol–water partition coefficient (Wildman–Crippen LogP) is 0.285. The van der Waals surface area contributed by atoms with E-state index in [1.165, 1.54) is 0 Å². The van der Waals surface area contributed by atoms with Crippen LogP contribution in [-0.2, 0) is 4.74 Å². The summed E-state index contributed by atoms with van der Waals surface area (Å²) >= 11 is 0. The zero-order valence-electron chi connectivity index (χ0n) is 7.68. The molecular formula is C9H12N4O. The van der Waals surface area contributed by atoms with Gasteiger partial charge in [0, 0.05) is 12.6 Å². The molecule has 1 aromatic heterocycles. The standard InChI is InChI=1S/C9H12N4O/c10-13-9(8-2-1-5-14-8)7-3-4-11-12-6-7/h2-4,6,9,13H,1,5,10H2. The average molecular weight is 192 g/mol. The van der Waals surface area contributed by atoms with Gasteiger partial charge in [-0.2, -0.15) is 10.2 Å².